The lowest BCUT2D eigenvalue weighted by atomic mass is 9.76. The molecule has 0 bridgehead atoms. The van der Waals surface area contributed by atoms with E-state index in [2.05, 4.69) is 0 Å². The minimum absolute atomic E-state index is 0.191. The summed E-state index contributed by atoms with van der Waals surface area (Å²) in [7, 11) is 0. The molecule has 0 aromatic carbocycles. The number of hydrogen-bond donors (Lipinski definition) is 0. The molecule has 0 spiro atoms. The second-order valence-electron chi connectivity index (χ2n) is 4.56. The van der Waals surface area contributed by atoms with Gasteiger partial charge in [-0.2, -0.15) is 13.2 Å². The van der Waals surface area contributed by atoms with Crippen molar-refractivity contribution < 1.29 is 13.2 Å². The van der Waals surface area contributed by atoms with Crippen molar-refractivity contribution in [2.45, 2.75) is 38.8 Å². The first-order valence-electron chi connectivity index (χ1n) is 5.45. The van der Waals surface area contributed by atoms with Crippen molar-refractivity contribution in [1.82, 2.24) is 0 Å². The summed E-state index contributed by atoms with van der Waals surface area (Å²) in [6, 6.07) is 0. The van der Waals surface area contributed by atoms with Gasteiger partial charge in [-0.3, -0.25) is 0 Å². The Balaban J connectivity index is 2.20. The summed E-state index contributed by atoms with van der Waals surface area (Å²) in [5.74, 6) is -0.916. The molecule has 2 unspecified atom stereocenters. The molecule has 2 aliphatic carbocycles. The van der Waals surface area contributed by atoms with Crippen LogP contribution in [0.4, 0.5) is 13.2 Å². The highest BCUT2D eigenvalue weighted by molar-refractivity contribution is 5.34. The first-order chi connectivity index (χ1) is 6.98. The summed E-state index contributed by atoms with van der Waals surface area (Å²) >= 11 is 0. The van der Waals surface area contributed by atoms with Crippen molar-refractivity contribution in [2.75, 3.05) is 0 Å². The van der Waals surface area contributed by atoms with Crippen LogP contribution in [0.1, 0.15) is 32.6 Å². The van der Waals surface area contributed by atoms with E-state index >= 15 is 0 Å². The first-order valence-corrected chi connectivity index (χ1v) is 5.45. The van der Waals surface area contributed by atoms with Crippen LogP contribution in [0.3, 0.4) is 0 Å². The van der Waals surface area contributed by atoms with Crippen molar-refractivity contribution >= 4 is 0 Å². The van der Waals surface area contributed by atoms with Gasteiger partial charge in [0.2, 0.25) is 0 Å². The molecule has 0 amide bonds. The normalized spacial score (nSPS) is 31.7. The molecular formula is C12H15F3. The monoisotopic (exact) mass is 216 g/mol. The molecule has 0 radical (unpaired) electrons. The molecule has 2 atom stereocenters. The fourth-order valence-corrected chi connectivity index (χ4v) is 2.53. The Morgan fingerprint density at radius 2 is 2.07 bits per heavy atom. The van der Waals surface area contributed by atoms with Gasteiger partial charge in [0.15, 0.2) is 0 Å². The van der Waals surface area contributed by atoms with E-state index in [1.54, 1.807) is 6.08 Å². The summed E-state index contributed by atoms with van der Waals surface area (Å²) in [4.78, 5) is 0. The van der Waals surface area contributed by atoms with Gasteiger partial charge >= 0.3 is 6.18 Å². The number of hydrogen-bond acceptors (Lipinski definition) is 0. The lowest BCUT2D eigenvalue weighted by molar-refractivity contribution is -0.161. The first kappa shape index (κ1) is 10.8. The van der Waals surface area contributed by atoms with Gasteiger partial charge in [-0.1, -0.05) is 24.6 Å². The third kappa shape index (κ3) is 2.11. The molecule has 0 fully saturated rings. The topological polar surface area (TPSA) is 0 Å². The minimum Gasteiger partial charge on any atom is -0.170 e. The van der Waals surface area contributed by atoms with Crippen LogP contribution in [0.5, 0.6) is 0 Å². The molecule has 2 aliphatic rings. The second-order valence-corrected chi connectivity index (χ2v) is 4.56. The van der Waals surface area contributed by atoms with E-state index in [0.717, 1.165) is 30.4 Å². The van der Waals surface area contributed by atoms with Crippen LogP contribution in [0, 0.1) is 11.8 Å². The molecule has 0 saturated carbocycles. The van der Waals surface area contributed by atoms with E-state index in [1.807, 2.05) is 6.92 Å². The molecule has 0 aliphatic heterocycles. The summed E-state index contributed by atoms with van der Waals surface area (Å²) in [6.45, 7) is 2.04. The standard InChI is InChI=1S/C12H15F3/c1-8-3-2-4-9-5-6-10(7-11(8)9)12(13,14)15/h5-6,8,10H,2-4,7H2,1H3. The SMILES string of the molecule is CC1CCCC2=C1CC(C(F)(F)F)C=C2. The van der Waals surface area contributed by atoms with Gasteiger partial charge in [0.25, 0.3) is 0 Å². The molecule has 0 nitrogen and oxygen atoms in total. The number of rotatable bonds is 0. The molecule has 84 valence electrons. The highest BCUT2D eigenvalue weighted by Gasteiger charge is 2.40. The quantitative estimate of drug-likeness (QED) is 0.568. The zero-order valence-electron chi connectivity index (χ0n) is 8.77. The zero-order chi connectivity index (χ0) is 11.1. The average molecular weight is 216 g/mol. The lowest BCUT2D eigenvalue weighted by Crippen LogP contribution is -2.26. The Labute approximate surface area is 87.9 Å². The predicted octanol–water partition coefficient (Wildman–Crippen LogP) is 4.24. The average Bonchev–Trinajstić information content (AvgIpc) is 2.16. The molecular weight excluding hydrogens is 201 g/mol. The van der Waals surface area contributed by atoms with Gasteiger partial charge in [0, 0.05) is 0 Å². The van der Waals surface area contributed by atoms with Gasteiger partial charge in [0.1, 0.15) is 0 Å². The van der Waals surface area contributed by atoms with Gasteiger partial charge in [-0.15, -0.1) is 0 Å². The van der Waals surface area contributed by atoms with Gasteiger partial charge in [-0.05, 0) is 37.2 Å². The highest BCUT2D eigenvalue weighted by atomic mass is 19.4. The zero-order valence-corrected chi connectivity index (χ0v) is 8.77. The molecule has 3 heteroatoms. The van der Waals surface area contributed by atoms with E-state index in [0.29, 0.717) is 5.92 Å². The van der Waals surface area contributed by atoms with E-state index in [-0.39, 0.29) is 6.42 Å². The minimum atomic E-state index is -4.08. The third-order valence-corrected chi connectivity index (χ3v) is 3.48. The molecule has 0 N–H and O–H groups in total. The van der Waals surface area contributed by atoms with Crippen molar-refractivity contribution in [3.63, 3.8) is 0 Å². The van der Waals surface area contributed by atoms with Crippen LogP contribution in [-0.4, -0.2) is 6.18 Å². The number of alkyl halides is 3. The summed E-state index contributed by atoms with van der Waals surface area (Å²) in [5, 5.41) is 0. The van der Waals surface area contributed by atoms with Crippen molar-refractivity contribution in [3.05, 3.63) is 23.3 Å². The van der Waals surface area contributed by atoms with Crippen LogP contribution >= 0.6 is 0 Å². The lowest BCUT2D eigenvalue weighted by Gasteiger charge is -2.31. The maximum Gasteiger partial charge on any atom is 0.395 e. The Morgan fingerprint density at radius 1 is 1.33 bits per heavy atom. The number of halogens is 3. The van der Waals surface area contributed by atoms with Crippen LogP contribution in [0.15, 0.2) is 23.3 Å². The highest BCUT2D eigenvalue weighted by Crippen LogP contribution is 2.42. The molecule has 0 aromatic heterocycles. The molecule has 0 aromatic rings. The molecule has 15 heavy (non-hydrogen) atoms. The van der Waals surface area contributed by atoms with Crippen molar-refractivity contribution in [1.29, 1.82) is 0 Å². The Morgan fingerprint density at radius 3 is 2.73 bits per heavy atom. The smallest absolute Gasteiger partial charge is 0.170 e. The van der Waals surface area contributed by atoms with Crippen LogP contribution in [-0.2, 0) is 0 Å². The van der Waals surface area contributed by atoms with Crippen molar-refractivity contribution in [2.24, 2.45) is 11.8 Å². The maximum atomic E-state index is 12.6. The Hall–Kier alpha value is -0.730. The van der Waals surface area contributed by atoms with E-state index in [1.165, 1.54) is 6.08 Å². The van der Waals surface area contributed by atoms with E-state index in [4.69, 9.17) is 0 Å². The summed E-state index contributed by atoms with van der Waals surface area (Å²) < 4.78 is 37.7. The molecule has 2 rings (SSSR count). The molecule has 0 saturated heterocycles. The Bertz CT molecular complexity index is 309. The second kappa shape index (κ2) is 3.69. The largest absolute Gasteiger partial charge is 0.395 e. The van der Waals surface area contributed by atoms with Gasteiger partial charge < -0.3 is 0 Å². The Kier molecular flexibility index (Phi) is 2.65. The fourth-order valence-electron chi connectivity index (χ4n) is 2.53. The van der Waals surface area contributed by atoms with Crippen LogP contribution in [0.2, 0.25) is 0 Å². The number of allylic oxidation sites excluding steroid dienone is 4. The van der Waals surface area contributed by atoms with E-state index in [9.17, 15) is 13.2 Å². The van der Waals surface area contributed by atoms with Crippen molar-refractivity contribution in [3.8, 4) is 0 Å². The van der Waals surface area contributed by atoms with E-state index < -0.39 is 12.1 Å². The van der Waals surface area contributed by atoms with Crippen LogP contribution in [0.25, 0.3) is 0 Å². The predicted molar refractivity (Wildman–Crippen MR) is 53.3 cm³/mol. The van der Waals surface area contributed by atoms with Gasteiger partial charge in [0.05, 0.1) is 5.92 Å². The summed E-state index contributed by atoms with van der Waals surface area (Å²) in [6.07, 6.45) is 2.26. The maximum absolute atomic E-state index is 12.6. The third-order valence-electron chi connectivity index (χ3n) is 3.48. The molecule has 0 heterocycles. The summed E-state index contributed by atoms with van der Waals surface area (Å²) in [5.41, 5.74) is 2.21. The van der Waals surface area contributed by atoms with Crippen LogP contribution < -0.4 is 0 Å². The fraction of sp³-hybridized carbons (Fsp3) is 0.667. The van der Waals surface area contributed by atoms with Gasteiger partial charge in [-0.25, -0.2) is 0 Å².